The summed E-state index contributed by atoms with van der Waals surface area (Å²) in [6.07, 6.45) is 0.556. The van der Waals surface area contributed by atoms with Gasteiger partial charge in [0, 0.05) is 12.4 Å². The Morgan fingerprint density at radius 3 is 2.29 bits per heavy atom. The lowest BCUT2D eigenvalue weighted by atomic mass is 9.95. The van der Waals surface area contributed by atoms with E-state index in [4.69, 9.17) is 11.6 Å². The van der Waals surface area contributed by atoms with Gasteiger partial charge >= 0.3 is 0 Å². The Morgan fingerprint density at radius 2 is 1.88 bits per heavy atom. The molecule has 0 bridgehead atoms. The van der Waals surface area contributed by atoms with Gasteiger partial charge in [0.2, 0.25) is 10.0 Å². The van der Waals surface area contributed by atoms with Crippen molar-refractivity contribution in [2.75, 3.05) is 18.2 Å². The van der Waals surface area contributed by atoms with Crippen LogP contribution in [-0.4, -0.2) is 37.3 Å². The molecule has 0 radical (unpaired) electrons. The van der Waals surface area contributed by atoms with Crippen LogP contribution in [0.5, 0.6) is 0 Å². The van der Waals surface area contributed by atoms with Crippen molar-refractivity contribution in [3.05, 3.63) is 0 Å². The van der Waals surface area contributed by atoms with Crippen LogP contribution in [0.15, 0.2) is 0 Å². The third kappa shape index (κ3) is 8.83. The number of halogens is 1. The zero-order chi connectivity index (χ0) is 13.7. The van der Waals surface area contributed by atoms with Crippen LogP contribution in [0.25, 0.3) is 0 Å². The Labute approximate surface area is 110 Å². The van der Waals surface area contributed by atoms with Crippen LogP contribution >= 0.6 is 11.6 Å². The molecule has 0 saturated carbocycles. The lowest BCUT2D eigenvalue weighted by molar-refractivity contribution is 0.0436. The molecule has 0 aliphatic carbocycles. The summed E-state index contributed by atoms with van der Waals surface area (Å²) >= 11 is 5.58. The van der Waals surface area contributed by atoms with Crippen LogP contribution in [-0.2, 0) is 10.0 Å². The Morgan fingerprint density at radius 1 is 1.35 bits per heavy atom. The minimum atomic E-state index is -3.36. The van der Waals surface area contributed by atoms with Gasteiger partial charge in [-0.15, -0.1) is 11.6 Å². The number of nitrogens with one attached hydrogen (secondary N) is 1. The molecule has 0 rings (SSSR count). The van der Waals surface area contributed by atoms with E-state index in [-0.39, 0.29) is 18.2 Å². The molecule has 0 amide bonds. The zero-order valence-electron chi connectivity index (χ0n) is 11.0. The summed E-state index contributed by atoms with van der Waals surface area (Å²) in [5.41, 5.74) is -1.01. The molecule has 0 saturated heterocycles. The van der Waals surface area contributed by atoms with E-state index in [1.54, 1.807) is 13.8 Å². The van der Waals surface area contributed by atoms with E-state index < -0.39 is 15.6 Å². The molecule has 0 aromatic heterocycles. The zero-order valence-corrected chi connectivity index (χ0v) is 12.6. The smallest absolute Gasteiger partial charge is 0.211 e. The van der Waals surface area contributed by atoms with Crippen LogP contribution in [0.3, 0.4) is 0 Å². The van der Waals surface area contributed by atoms with Crippen molar-refractivity contribution in [3.63, 3.8) is 0 Å². The molecule has 0 heterocycles. The van der Waals surface area contributed by atoms with E-state index in [1.807, 2.05) is 13.8 Å². The van der Waals surface area contributed by atoms with Crippen LogP contribution in [0, 0.1) is 11.8 Å². The average molecular weight is 286 g/mol. The van der Waals surface area contributed by atoms with Crippen LogP contribution < -0.4 is 4.72 Å². The second kappa shape index (κ2) is 6.92. The molecule has 2 N–H and O–H groups in total. The summed E-state index contributed by atoms with van der Waals surface area (Å²) in [4.78, 5) is 0. The van der Waals surface area contributed by atoms with Crippen molar-refractivity contribution in [2.45, 2.75) is 39.7 Å². The molecule has 0 aliphatic heterocycles. The maximum absolute atomic E-state index is 11.7. The third-order valence-electron chi connectivity index (χ3n) is 2.29. The first-order valence-corrected chi connectivity index (χ1v) is 8.02. The molecule has 0 aliphatic rings. The van der Waals surface area contributed by atoms with Crippen molar-refractivity contribution < 1.29 is 13.5 Å². The molecule has 4 nitrogen and oxygen atoms in total. The monoisotopic (exact) mass is 285 g/mol. The first kappa shape index (κ1) is 17.2. The van der Waals surface area contributed by atoms with E-state index in [1.165, 1.54) is 0 Å². The van der Waals surface area contributed by atoms with E-state index in [9.17, 15) is 13.5 Å². The fourth-order valence-corrected chi connectivity index (χ4v) is 3.45. The summed E-state index contributed by atoms with van der Waals surface area (Å²) in [6, 6.07) is 0. The molecular formula is C11H24ClNO3S. The highest BCUT2D eigenvalue weighted by molar-refractivity contribution is 7.89. The average Bonchev–Trinajstić information content (AvgIpc) is 2.12. The number of sulfonamides is 1. The molecule has 6 heteroatoms. The standard InChI is InChI=1S/C11H24ClNO3S/c1-9(2)5-11(4,14)8-13-17(15,16)7-10(3)6-12/h9-10,13-14H,5-8H2,1-4H3. The highest BCUT2D eigenvalue weighted by Crippen LogP contribution is 2.15. The first-order valence-electron chi connectivity index (χ1n) is 5.83. The van der Waals surface area contributed by atoms with Gasteiger partial charge in [0.05, 0.1) is 11.4 Å². The van der Waals surface area contributed by atoms with Crippen LogP contribution in [0.4, 0.5) is 0 Å². The summed E-state index contributed by atoms with van der Waals surface area (Å²) < 4.78 is 25.7. The Balaban J connectivity index is 4.26. The van der Waals surface area contributed by atoms with Crippen LogP contribution in [0.1, 0.15) is 34.1 Å². The van der Waals surface area contributed by atoms with Gasteiger partial charge in [-0.05, 0) is 25.2 Å². The van der Waals surface area contributed by atoms with Crippen molar-refractivity contribution >= 4 is 21.6 Å². The van der Waals surface area contributed by atoms with E-state index >= 15 is 0 Å². The molecule has 2 unspecified atom stereocenters. The van der Waals surface area contributed by atoms with Gasteiger partial charge in [-0.3, -0.25) is 0 Å². The largest absolute Gasteiger partial charge is 0.389 e. The summed E-state index contributed by atoms with van der Waals surface area (Å²) in [7, 11) is -3.36. The minimum absolute atomic E-state index is 0.00570. The molecule has 0 fully saturated rings. The third-order valence-corrected chi connectivity index (χ3v) is 4.41. The van der Waals surface area contributed by atoms with E-state index in [0.29, 0.717) is 18.2 Å². The van der Waals surface area contributed by atoms with Crippen molar-refractivity contribution in [3.8, 4) is 0 Å². The predicted molar refractivity (Wildman–Crippen MR) is 71.8 cm³/mol. The lowest BCUT2D eigenvalue weighted by Gasteiger charge is -2.25. The number of hydrogen-bond acceptors (Lipinski definition) is 3. The molecule has 17 heavy (non-hydrogen) atoms. The van der Waals surface area contributed by atoms with Gasteiger partial charge in [0.15, 0.2) is 0 Å². The van der Waals surface area contributed by atoms with Gasteiger partial charge in [0.1, 0.15) is 0 Å². The summed E-state index contributed by atoms with van der Waals surface area (Å²) in [5.74, 6) is 0.526. The van der Waals surface area contributed by atoms with Gasteiger partial charge in [-0.1, -0.05) is 20.8 Å². The first-order chi connectivity index (χ1) is 7.58. The minimum Gasteiger partial charge on any atom is -0.389 e. The van der Waals surface area contributed by atoms with Crippen molar-refractivity contribution in [1.82, 2.24) is 4.72 Å². The van der Waals surface area contributed by atoms with Gasteiger partial charge in [0.25, 0.3) is 0 Å². The maximum Gasteiger partial charge on any atom is 0.211 e. The highest BCUT2D eigenvalue weighted by Gasteiger charge is 2.25. The second-order valence-corrected chi connectivity index (χ2v) is 7.62. The Hall–Kier alpha value is 0.160. The quantitative estimate of drug-likeness (QED) is 0.666. The maximum atomic E-state index is 11.7. The van der Waals surface area contributed by atoms with Crippen LogP contribution in [0.2, 0.25) is 0 Å². The summed E-state index contributed by atoms with van der Waals surface area (Å²) in [5, 5.41) is 9.99. The molecular weight excluding hydrogens is 262 g/mol. The fraction of sp³-hybridized carbons (Fsp3) is 1.00. The topological polar surface area (TPSA) is 66.4 Å². The highest BCUT2D eigenvalue weighted by atomic mass is 35.5. The lowest BCUT2D eigenvalue weighted by Crippen LogP contribution is -2.42. The SMILES string of the molecule is CC(C)CC(C)(O)CNS(=O)(=O)CC(C)CCl. The number of alkyl halides is 1. The summed E-state index contributed by atoms with van der Waals surface area (Å²) in [6.45, 7) is 7.43. The normalized spacial score (nSPS) is 18.1. The Kier molecular flexibility index (Phi) is 6.99. The molecule has 0 aromatic rings. The second-order valence-electron chi connectivity index (χ2n) is 5.46. The van der Waals surface area contributed by atoms with Crippen molar-refractivity contribution in [2.24, 2.45) is 11.8 Å². The number of aliphatic hydroxyl groups is 1. The molecule has 0 aromatic carbocycles. The van der Waals surface area contributed by atoms with Gasteiger partial charge in [-0.2, -0.15) is 0 Å². The molecule has 104 valence electrons. The van der Waals surface area contributed by atoms with Gasteiger partial charge in [-0.25, -0.2) is 13.1 Å². The number of hydrogen-bond donors (Lipinski definition) is 2. The molecule has 2 atom stereocenters. The molecule has 0 spiro atoms. The Bertz CT molecular complexity index is 315. The number of rotatable bonds is 8. The van der Waals surface area contributed by atoms with Gasteiger partial charge < -0.3 is 5.11 Å². The predicted octanol–water partition coefficient (Wildman–Crippen LogP) is 1.58. The fourth-order valence-electron chi connectivity index (χ4n) is 1.70. The van der Waals surface area contributed by atoms with Crippen molar-refractivity contribution in [1.29, 1.82) is 0 Å². The van der Waals surface area contributed by atoms with E-state index in [2.05, 4.69) is 4.72 Å². The van der Waals surface area contributed by atoms with E-state index in [0.717, 1.165) is 0 Å².